The van der Waals surface area contributed by atoms with Crippen molar-refractivity contribution in [2.75, 3.05) is 14.1 Å². The molecule has 1 saturated carbocycles. The van der Waals surface area contributed by atoms with E-state index in [1.54, 1.807) is 4.90 Å². The quantitative estimate of drug-likeness (QED) is 0.622. The summed E-state index contributed by atoms with van der Waals surface area (Å²) < 4.78 is 0. The largest absolute Gasteiger partial charge is 0.480 e. The Kier molecular flexibility index (Phi) is 1.94. The van der Waals surface area contributed by atoms with E-state index in [1.807, 2.05) is 14.1 Å². The Balaban J connectivity index is 2.49. The van der Waals surface area contributed by atoms with Crippen molar-refractivity contribution in [2.45, 2.75) is 18.9 Å². The van der Waals surface area contributed by atoms with Crippen LogP contribution in [0.15, 0.2) is 0 Å². The molecule has 1 N–H and O–H groups in total. The van der Waals surface area contributed by atoms with Crippen LogP contribution in [0.4, 0.5) is 0 Å². The third-order valence-electron chi connectivity index (χ3n) is 1.88. The number of hydrogen-bond acceptors (Lipinski definition) is 2. The third-order valence-corrected chi connectivity index (χ3v) is 1.88. The minimum Gasteiger partial charge on any atom is -0.480 e. The van der Waals surface area contributed by atoms with E-state index in [4.69, 9.17) is 5.11 Å². The standard InChI is InChI=1S/C7H13NO2/c1-8(2)6(7(9)10)5-3-4-5/h5-6H,3-4H2,1-2H3,(H,9,10)/t6-/m1/s1. The summed E-state index contributed by atoms with van der Waals surface area (Å²) in [5.74, 6) is -0.278. The fourth-order valence-corrected chi connectivity index (χ4v) is 1.26. The number of hydrogen-bond donors (Lipinski definition) is 1. The summed E-state index contributed by atoms with van der Waals surface area (Å²) in [7, 11) is 3.63. The predicted molar refractivity (Wildman–Crippen MR) is 37.8 cm³/mol. The van der Waals surface area contributed by atoms with E-state index in [1.165, 1.54) is 0 Å². The molecule has 1 aliphatic rings. The van der Waals surface area contributed by atoms with Gasteiger partial charge in [-0.15, -0.1) is 0 Å². The molecule has 58 valence electrons. The average Bonchev–Trinajstić information content (AvgIpc) is 2.46. The van der Waals surface area contributed by atoms with Crippen molar-refractivity contribution in [1.82, 2.24) is 4.90 Å². The molecule has 3 heteroatoms. The number of carboxylic acids is 1. The van der Waals surface area contributed by atoms with Crippen LogP contribution >= 0.6 is 0 Å². The van der Waals surface area contributed by atoms with E-state index in [-0.39, 0.29) is 6.04 Å². The van der Waals surface area contributed by atoms with E-state index in [2.05, 4.69) is 0 Å². The Hall–Kier alpha value is -0.570. The fraction of sp³-hybridized carbons (Fsp3) is 0.857. The molecule has 0 radical (unpaired) electrons. The summed E-state index contributed by atoms with van der Waals surface area (Å²) in [5.41, 5.74) is 0. The first kappa shape index (κ1) is 7.54. The second kappa shape index (κ2) is 2.58. The van der Waals surface area contributed by atoms with Crippen molar-refractivity contribution in [2.24, 2.45) is 5.92 Å². The molecule has 0 aromatic rings. The summed E-state index contributed by atoms with van der Waals surface area (Å²) in [5, 5.41) is 8.71. The van der Waals surface area contributed by atoms with Gasteiger partial charge in [-0.1, -0.05) is 0 Å². The van der Waals surface area contributed by atoms with Gasteiger partial charge >= 0.3 is 5.97 Å². The molecule has 10 heavy (non-hydrogen) atoms. The molecule has 0 unspecified atom stereocenters. The molecule has 0 amide bonds. The Morgan fingerprint density at radius 3 is 2.20 bits per heavy atom. The van der Waals surface area contributed by atoms with Crippen molar-refractivity contribution in [3.05, 3.63) is 0 Å². The van der Waals surface area contributed by atoms with Gasteiger partial charge in [-0.3, -0.25) is 9.69 Å². The normalized spacial score (nSPS) is 21.1. The lowest BCUT2D eigenvalue weighted by molar-refractivity contribution is -0.143. The molecular formula is C7H13NO2. The van der Waals surface area contributed by atoms with Crippen molar-refractivity contribution < 1.29 is 9.90 Å². The molecular weight excluding hydrogens is 130 g/mol. The predicted octanol–water partition coefficient (Wildman–Crippen LogP) is 0.411. The summed E-state index contributed by atoms with van der Waals surface area (Å²) in [6.07, 6.45) is 2.16. The van der Waals surface area contributed by atoms with Crippen LogP contribution in [0, 0.1) is 5.92 Å². The lowest BCUT2D eigenvalue weighted by Crippen LogP contribution is -2.37. The van der Waals surface area contributed by atoms with E-state index in [9.17, 15) is 4.79 Å². The van der Waals surface area contributed by atoms with E-state index in [0.29, 0.717) is 5.92 Å². The fourth-order valence-electron chi connectivity index (χ4n) is 1.26. The van der Waals surface area contributed by atoms with Gasteiger partial charge in [0.05, 0.1) is 0 Å². The molecule has 0 saturated heterocycles. The maximum absolute atomic E-state index is 10.6. The molecule has 0 aromatic carbocycles. The number of rotatable bonds is 3. The highest BCUT2D eigenvalue weighted by Crippen LogP contribution is 2.34. The van der Waals surface area contributed by atoms with Gasteiger partial charge in [0.15, 0.2) is 0 Å². The first-order valence-electron chi connectivity index (χ1n) is 3.52. The SMILES string of the molecule is CN(C)[C@@H](C(=O)O)C1CC1. The smallest absolute Gasteiger partial charge is 0.321 e. The van der Waals surface area contributed by atoms with Gasteiger partial charge in [0.1, 0.15) is 6.04 Å². The molecule has 1 fully saturated rings. The number of nitrogens with zero attached hydrogens (tertiary/aromatic N) is 1. The van der Waals surface area contributed by atoms with Crippen LogP contribution in [-0.2, 0) is 4.79 Å². The lowest BCUT2D eigenvalue weighted by Gasteiger charge is -2.18. The zero-order valence-corrected chi connectivity index (χ0v) is 6.37. The summed E-state index contributed by atoms with van der Waals surface area (Å²) in [4.78, 5) is 12.4. The highest BCUT2D eigenvalue weighted by atomic mass is 16.4. The van der Waals surface area contributed by atoms with Crippen LogP contribution in [-0.4, -0.2) is 36.1 Å². The van der Waals surface area contributed by atoms with Gasteiger partial charge in [-0.25, -0.2) is 0 Å². The van der Waals surface area contributed by atoms with Crippen molar-refractivity contribution in [3.8, 4) is 0 Å². The highest BCUT2D eigenvalue weighted by molar-refractivity contribution is 5.74. The van der Waals surface area contributed by atoms with Gasteiger partial charge in [0, 0.05) is 0 Å². The first-order valence-corrected chi connectivity index (χ1v) is 3.52. The number of carbonyl (C=O) groups is 1. The molecule has 0 spiro atoms. The lowest BCUT2D eigenvalue weighted by atomic mass is 10.2. The molecule has 1 atom stereocenters. The van der Waals surface area contributed by atoms with Gasteiger partial charge in [-0.05, 0) is 32.9 Å². The zero-order valence-electron chi connectivity index (χ0n) is 6.37. The minimum absolute atomic E-state index is 0.250. The highest BCUT2D eigenvalue weighted by Gasteiger charge is 2.37. The Bertz CT molecular complexity index is 139. The Morgan fingerprint density at radius 1 is 1.60 bits per heavy atom. The summed E-state index contributed by atoms with van der Waals surface area (Å²) in [6, 6.07) is -0.250. The van der Waals surface area contributed by atoms with Gasteiger partial charge in [0.25, 0.3) is 0 Å². The molecule has 0 bridgehead atoms. The van der Waals surface area contributed by atoms with E-state index < -0.39 is 5.97 Å². The number of aliphatic carboxylic acids is 1. The maximum Gasteiger partial charge on any atom is 0.321 e. The molecule has 0 heterocycles. The van der Waals surface area contributed by atoms with Crippen LogP contribution in [0.1, 0.15) is 12.8 Å². The number of likely N-dealkylation sites (N-methyl/N-ethyl adjacent to an activating group) is 1. The van der Waals surface area contributed by atoms with Gasteiger partial charge in [-0.2, -0.15) is 0 Å². The third kappa shape index (κ3) is 1.48. The molecule has 1 rings (SSSR count). The van der Waals surface area contributed by atoms with Crippen LogP contribution in [0.25, 0.3) is 0 Å². The van der Waals surface area contributed by atoms with Crippen molar-refractivity contribution >= 4 is 5.97 Å². The monoisotopic (exact) mass is 143 g/mol. The van der Waals surface area contributed by atoms with Crippen LogP contribution in [0.5, 0.6) is 0 Å². The molecule has 0 aliphatic heterocycles. The second-order valence-corrected chi connectivity index (χ2v) is 3.08. The van der Waals surface area contributed by atoms with Crippen LogP contribution < -0.4 is 0 Å². The second-order valence-electron chi connectivity index (χ2n) is 3.08. The molecule has 0 aromatic heterocycles. The van der Waals surface area contributed by atoms with E-state index in [0.717, 1.165) is 12.8 Å². The Labute approximate surface area is 60.6 Å². The molecule has 3 nitrogen and oxygen atoms in total. The van der Waals surface area contributed by atoms with Crippen molar-refractivity contribution in [3.63, 3.8) is 0 Å². The zero-order chi connectivity index (χ0) is 7.72. The Morgan fingerprint density at radius 2 is 2.10 bits per heavy atom. The van der Waals surface area contributed by atoms with Gasteiger partial charge in [0.2, 0.25) is 0 Å². The van der Waals surface area contributed by atoms with Gasteiger partial charge < -0.3 is 5.11 Å². The van der Waals surface area contributed by atoms with Crippen LogP contribution in [0.3, 0.4) is 0 Å². The van der Waals surface area contributed by atoms with Crippen LogP contribution in [0.2, 0.25) is 0 Å². The topological polar surface area (TPSA) is 40.5 Å². The first-order chi connectivity index (χ1) is 4.63. The minimum atomic E-state index is -0.687. The molecule has 1 aliphatic carbocycles. The van der Waals surface area contributed by atoms with Crippen molar-refractivity contribution in [1.29, 1.82) is 0 Å². The number of carboxylic acid groups (broad SMARTS) is 1. The summed E-state index contributed by atoms with van der Waals surface area (Å²) >= 11 is 0. The average molecular weight is 143 g/mol. The van der Waals surface area contributed by atoms with E-state index >= 15 is 0 Å². The summed E-state index contributed by atoms with van der Waals surface area (Å²) in [6.45, 7) is 0. The maximum atomic E-state index is 10.6.